The van der Waals surface area contributed by atoms with Gasteiger partial charge in [0.1, 0.15) is 0 Å². The van der Waals surface area contributed by atoms with Crippen molar-refractivity contribution in [1.29, 1.82) is 0 Å². The van der Waals surface area contributed by atoms with E-state index < -0.39 is 0 Å². The molecule has 26 heavy (non-hydrogen) atoms. The Labute approximate surface area is 157 Å². The molecular weight excluding hydrogens is 350 g/mol. The predicted molar refractivity (Wildman–Crippen MR) is 103 cm³/mol. The maximum atomic E-state index is 11.3. The number of aryl methyl sites for hydroxylation is 1. The van der Waals surface area contributed by atoms with Crippen molar-refractivity contribution >= 4 is 17.3 Å². The summed E-state index contributed by atoms with van der Waals surface area (Å²) in [5, 5.41) is 11.9. The van der Waals surface area contributed by atoms with Crippen LogP contribution in [0, 0.1) is 10.1 Å². The molecule has 0 atom stereocenters. The molecule has 0 unspecified atom stereocenters. The van der Waals surface area contributed by atoms with Gasteiger partial charge >= 0.3 is 0 Å². The van der Waals surface area contributed by atoms with Crippen LogP contribution in [0.15, 0.2) is 48.8 Å². The minimum absolute atomic E-state index is 0.0738. The first-order valence-corrected chi connectivity index (χ1v) is 8.99. The Hall–Kier alpha value is -2.66. The zero-order chi connectivity index (χ0) is 18.7. The lowest BCUT2D eigenvalue weighted by atomic mass is 10.0. The van der Waals surface area contributed by atoms with Gasteiger partial charge in [0.15, 0.2) is 0 Å². The molecule has 6 heteroatoms. The van der Waals surface area contributed by atoms with Gasteiger partial charge in [-0.2, -0.15) is 0 Å². The van der Waals surface area contributed by atoms with Crippen molar-refractivity contribution in [2.24, 2.45) is 0 Å². The molecule has 0 radical (unpaired) electrons. The minimum atomic E-state index is -0.369. The molecule has 0 saturated heterocycles. The highest BCUT2D eigenvalue weighted by Crippen LogP contribution is 2.28. The average molecular weight is 370 g/mol. The molecular formula is C20H20ClN3O2. The zero-order valence-electron chi connectivity index (χ0n) is 14.8. The van der Waals surface area contributed by atoms with E-state index in [1.54, 1.807) is 18.5 Å². The molecule has 0 aliphatic carbocycles. The van der Waals surface area contributed by atoms with Crippen LogP contribution in [0.1, 0.15) is 36.4 Å². The lowest BCUT2D eigenvalue weighted by molar-refractivity contribution is -0.384. The van der Waals surface area contributed by atoms with Gasteiger partial charge in [0.05, 0.1) is 22.6 Å². The summed E-state index contributed by atoms with van der Waals surface area (Å²) >= 11 is 6.31. The van der Waals surface area contributed by atoms with Gasteiger partial charge in [-0.1, -0.05) is 43.6 Å². The number of rotatable bonds is 6. The normalized spacial score (nSPS) is 10.9. The van der Waals surface area contributed by atoms with Crippen LogP contribution in [0.2, 0.25) is 5.02 Å². The van der Waals surface area contributed by atoms with Gasteiger partial charge in [0, 0.05) is 29.3 Å². The highest BCUT2D eigenvalue weighted by Gasteiger charge is 2.17. The van der Waals surface area contributed by atoms with E-state index in [9.17, 15) is 10.1 Å². The van der Waals surface area contributed by atoms with Crippen LogP contribution < -0.4 is 0 Å². The summed E-state index contributed by atoms with van der Waals surface area (Å²) in [6, 6.07) is 12.5. The quantitative estimate of drug-likeness (QED) is 0.446. The van der Waals surface area contributed by atoms with E-state index in [0.717, 1.165) is 41.0 Å². The topological polar surface area (TPSA) is 61.0 Å². The number of aromatic nitrogens is 2. The lowest BCUT2D eigenvalue weighted by Crippen LogP contribution is -2.05. The summed E-state index contributed by atoms with van der Waals surface area (Å²) in [4.78, 5) is 15.4. The number of nitro groups is 1. The molecule has 0 aliphatic rings. The first-order valence-electron chi connectivity index (χ1n) is 8.61. The number of hydrogen-bond acceptors (Lipinski definition) is 3. The summed E-state index contributed by atoms with van der Waals surface area (Å²) < 4.78 is 2.04. The van der Waals surface area contributed by atoms with Crippen molar-refractivity contribution in [3.63, 3.8) is 0 Å². The first kappa shape index (κ1) is 18.1. The molecule has 3 aromatic rings. The Morgan fingerprint density at radius 3 is 2.54 bits per heavy atom. The third-order valence-corrected chi connectivity index (χ3v) is 4.86. The van der Waals surface area contributed by atoms with Crippen molar-refractivity contribution in [2.75, 3.05) is 0 Å². The van der Waals surface area contributed by atoms with E-state index in [-0.39, 0.29) is 10.6 Å². The van der Waals surface area contributed by atoms with Crippen molar-refractivity contribution in [1.82, 2.24) is 9.55 Å². The van der Waals surface area contributed by atoms with Crippen molar-refractivity contribution < 1.29 is 4.92 Å². The maximum absolute atomic E-state index is 11.3. The minimum Gasteiger partial charge on any atom is -0.303 e. The summed E-state index contributed by atoms with van der Waals surface area (Å²) in [5.74, 6) is 0. The number of hydrogen-bond donors (Lipinski definition) is 0. The Balaban J connectivity index is 2.15. The number of nitrogens with zero attached hydrogens (tertiary/aromatic N) is 3. The second-order valence-electron chi connectivity index (χ2n) is 6.05. The van der Waals surface area contributed by atoms with E-state index in [0.29, 0.717) is 11.4 Å². The Kier molecular flexibility index (Phi) is 5.38. The molecule has 0 amide bonds. The van der Waals surface area contributed by atoms with Crippen molar-refractivity contribution in [2.45, 2.75) is 33.1 Å². The van der Waals surface area contributed by atoms with Gasteiger partial charge in [-0.15, -0.1) is 0 Å². The van der Waals surface area contributed by atoms with Crippen LogP contribution in [-0.4, -0.2) is 14.5 Å². The SMILES string of the molecule is CCc1ncn(-c2ccc([N+](=O)[O-])cc2Cc2ccccc2Cl)c1CC. The van der Waals surface area contributed by atoms with Crippen molar-refractivity contribution in [3.8, 4) is 5.69 Å². The molecule has 0 spiro atoms. The summed E-state index contributed by atoms with van der Waals surface area (Å²) in [6.45, 7) is 4.16. The Morgan fingerprint density at radius 2 is 1.88 bits per heavy atom. The van der Waals surface area contributed by atoms with Crippen LogP contribution >= 0.6 is 11.6 Å². The molecule has 0 fully saturated rings. The van der Waals surface area contributed by atoms with E-state index in [1.165, 1.54) is 6.07 Å². The standard InChI is InChI=1S/C20H20ClN3O2/c1-3-18-19(4-2)23(13-22-18)20-10-9-16(24(25)26)12-15(20)11-14-7-5-6-8-17(14)21/h5-10,12-13H,3-4,11H2,1-2H3. The smallest absolute Gasteiger partial charge is 0.269 e. The summed E-state index contributed by atoms with van der Waals surface area (Å²) in [7, 11) is 0. The fourth-order valence-electron chi connectivity index (χ4n) is 3.20. The molecule has 134 valence electrons. The van der Waals surface area contributed by atoms with E-state index >= 15 is 0 Å². The van der Waals surface area contributed by atoms with Gasteiger partial charge in [-0.25, -0.2) is 4.98 Å². The summed E-state index contributed by atoms with van der Waals surface area (Å²) in [6.07, 6.45) is 4.00. The van der Waals surface area contributed by atoms with Crippen molar-refractivity contribution in [3.05, 3.63) is 86.4 Å². The van der Waals surface area contributed by atoms with E-state index in [1.807, 2.05) is 28.8 Å². The van der Waals surface area contributed by atoms with Gasteiger partial charge in [0.25, 0.3) is 5.69 Å². The monoisotopic (exact) mass is 369 g/mol. The number of halogens is 1. The average Bonchev–Trinajstić information content (AvgIpc) is 3.06. The van der Waals surface area contributed by atoms with E-state index in [4.69, 9.17) is 11.6 Å². The van der Waals surface area contributed by atoms with Gasteiger partial charge < -0.3 is 4.57 Å². The van der Waals surface area contributed by atoms with Gasteiger partial charge in [0.2, 0.25) is 0 Å². The number of non-ortho nitro benzene ring substituents is 1. The Morgan fingerprint density at radius 1 is 1.12 bits per heavy atom. The molecule has 3 rings (SSSR count). The number of benzene rings is 2. The molecule has 5 nitrogen and oxygen atoms in total. The fraction of sp³-hybridized carbons (Fsp3) is 0.250. The molecule has 2 aromatic carbocycles. The van der Waals surface area contributed by atoms with Gasteiger partial charge in [-0.05, 0) is 36.1 Å². The second-order valence-corrected chi connectivity index (χ2v) is 6.46. The number of nitro benzene ring substituents is 1. The molecule has 0 saturated carbocycles. The number of imidazole rings is 1. The van der Waals surface area contributed by atoms with Crippen LogP contribution in [0.4, 0.5) is 5.69 Å². The molecule has 0 aliphatic heterocycles. The largest absolute Gasteiger partial charge is 0.303 e. The van der Waals surface area contributed by atoms with Gasteiger partial charge in [-0.3, -0.25) is 10.1 Å². The van der Waals surface area contributed by atoms with E-state index in [2.05, 4.69) is 18.8 Å². The summed E-state index contributed by atoms with van der Waals surface area (Å²) in [5.41, 5.74) is 4.94. The zero-order valence-corrected chi connectivity index (χ0v) is 15.5. The molecule has 1 heterocycles. The lowest BCUT2D eigenvalue weighted by Gasteiger charge is -2.14. The maximum Gasteiger partial charge on any atom is 0.269 e. The highest BCUT2D eigenvalue weighted by atomic mass is 35.5. The third-order valence-electron chi connectivity index (χ3n) is 4.49. The Bertz CT molecular complexity index is 950. The second kappa shape index (κ2) is 7.70. The third kappa shape index (κ3) is 3.48. The van der Waals surface area contributed by atoms with Crippen LogP contribution in [-0.2, 0) is 19.3 Å². The highest BCUT2D eigenvalue weighted by molar-refractivity contribution is 6.31. The predicted octanol–water partition coefficient (Wildman–Crippen LogP) is 5.15. The van der Waals surface area contributed by atoms with Crippen LogP contribution in [0.25, 0.3) is 5.69 Å². The van der Waals surface area contributed by atoms with Crippen LogP contribution in [0.5, 0.6) is 0 Å². The fourth-order valence-corrected chi connectivity index (χ4v) is 3.40. The molecule has 0 N–H and O–H groups in total. The first-order chi connectivity index (χ1) is 12.5. The van der Waals surface area contributed by atoms with Crippen LogP contribution in [0.3, 0.4) is 0 Å². The molecule has 1 aromatic heterocycles. The molecule has 0 bridgehead atoms.